The first-order valence-electron chi connectivity index (χ1n) is 6.03. The van der Waals surface area contributed by atoms with Crippen molar-refractivity contribution >= 4 is 11.6 Å². The molecule has 0 aliphatic heterocycles. The third-order valence-corrected chi connectivity index (χ3v) is 3.86. The molecule has 4 heteroatoms. The first-order valence-corrected chi connectivity index (χ1v) is 6.03. The molecule has 2 saturated carbocycles. The molecule has 86 valence electrons. The molecule has 0 saturated heterocycles. The number of rotatable bonds is 3. The lowest BCUT2D eigenvalue weighted by atomic mass is 9.93. The van der Waals surface area contributed by atoms with E-state index < -0.39 is 0 Å². The molecule has 2 aliphatic carbocycles. The maximum atomic E-state index is 11.8. The van der Waals surface area contributed by atoms with Crippen LogP contribution in [0.4, 0.5) is 5.69 Å². The van der Waals surface area contributed by atoms with Gasteiger partial charge in [0.25, 0.3) is 0 Å². The molecule has 2 fully saturated rings. The molecular weight excluding hydrogens is 202 g/mol. The Morgan fingerprint density at radius 2 is 2.31 bits per heavy atom. The Morgan fingerprint density at radius 3 is 2.88 bits per heavy atom. The Labute approximate surface area is 95.0 Å². The van der Waals surface area contributed by atoms with Crippen molar-refractivity contribution in [2.75, 3.05) is 5.32 Å². The topological polar surface area (TPSA) is 46.9 Å². The van der Waals surface area contributed by atoms with Gasteiger partial charge in [0.1, 0.15) is 0 Å². The van der Waals surface area contributed by atoms with Crippen molar-refractivity contribution in [2.24, 2.45) is 5.41 Å². The largest absolute Gasteiger partial charge is 0.323 e. The molecule has 0 radical (unpaired) electrons. The number of nitrogens with zero attached hydrogens (tertiary/aromatic N) is 2. The number of hydrogen-bond donors (Lipinski definition) is 1. The van der Waals surface area contributed by atoms with Crippen LogP contribution in [0.2, 0.25) is 0 Å². The number of carbonyl (C=O) groups is 1. The monoisotopic (exact) mass is 219 g/mol. The van der Waals surface area contributed by atoms with E-state index in [2.05, 4.69) is 10.4 Å². The number of amides is 1. The van der Waals surface area contributed by atoms with Crippen molar-refractivity contribution < 1.29 is 4.79 Å². The molecule has 1 N–H and O–H groups in total. The van der Waals surface area contributed by atoms with E-state index in [9.17, 15) is 4.79 Å². The summed E-state index contributed by atoms with van der Waals surface area (Å²) in [5.74, 6) is 0.139. The molecule has 0 atom stereocenters. The molecule has 1 aromatic heterocycles. The molecule has 0 bridgehead atoms. The van der Waals surface area contributed by atoms with Crippen LogP contribution < -0.4 is 5.32 Å². The number of hydrogen-bond acceptors (Lipinski definition) is 2. The van der Waals surface area contributed by atoms with Gasteiger partial charge >= 0.3 is 0 Å². The summed E-state index contributed by atoms with van der Waals surface area (Å²) in [5.41, 5.74) is 0.725. The zero-order valence-corrected chi connectivity index (χ0v) is 9.57. The van der Waals surface area contributed by atoms with E-state index in [1.807, 2.05) is 17.8 Å². The molecule has 0 spiro atoms. The third kappa shape index (κ3) is 1.62. The SMILES string of the molecule is CC1(C(=O)Nc2cnn(C3CCC3)c2)CC1. The summed E-state index contributed by atoms with van der Waals surface area (Å²) in [6.07, 6.45) is 9.45. The fraction of sp³-hybridized carbons (Fsp3) is 0.667. The molecule has 1 heterocycles. The third-order valence-electron chi connectivity index (χ3n) is 3.86. The summed E-state index contributed by atoms with van der Waals surface area (Å²) in [5, 5.41) is 7.24. The van der Waals surface area contributed by atoms with Gasteiger partial charge in [-0.15, -0.1) is 0 Å². The number of carbonyl (C=O) groups excluding carboxylic acids is 1. The van der Waals surface area contributed by atoms with Gasteiger partial charge in [-0.1, -0.05) is 6.92 Å². The van der Waals surface area contributed by atoms with Gasteiger partial charge in [-0.25, -0.2) is 0 Å². The molecule has 0 aromatic carbocycles. The molecule has 0 unspecified atom stereocenters. The van der Waals surface area contributed by atoms with Gasteiger partial charge in [0, 0.05) is 11.6 Å². The number of nitrogens with one attached hydrogen (secondary N) is 1. The van der Waals surface area contributed by atoms with Gasteiger partial charge in [0.2, 0.25) is 5.91 Å². The molecule has 1 amide bonds. The Balaban J connectivity index is 1.66. The molecular formula is C12H17N3O. The summed E-state index contributed by atoms with van der Waals surface area (Å²) in [6, 6.07) is 0.558. The van der Waals surface area contributed by atoms with Crippen LogP contribution in [0, 0.1) is 5.41 Å². The molecule has 4 nitrogen and oxygen atoms in total. The second kappa shape index (κ2) is 3.34. The Hall–Kier alpha value is -1.32. The lowest BCUT2D eigenvalue weighted by Gasteiger charge is -2.25. The average molecular weight is 219 g/mol. The van der Waals surface area contributed by atoms with Crippen LogP contribution >= 0.6 is 0 Å². The van der Waals surface area contributed by atoms with E-state index in [1.165, 1.54) is 19.3 Å². The normalized spacial score (nSPS) is 22.6. The maximum absolute atomic E-state index is 11.8. The molecule has 16 heavy (non-hydrogen) atoms. The lowest BCUT2D eigenvalue weighted by Crippen LogP contribution is -2.21. The highest BCUT2D eigenvalue weighted by molar-refractivity contribution is 5.96. The minimum absolute atomic E-state index is 0.113. The highest BCUT2D eigenvalue weighted by Gasteiger charge is 2.44. The van der Waals surface area contributed by atoms with Crippen LogP contribution in [0.15, 0.2) is 12.4 Å². The van der Waals surface area contributed by atoms with Gasteiger partial charge in [0.05, 0.1) is 17.9 Å². The van der Waals surface area contributed by atoms with Gasteiger partial charge in [-0.3, -0.25) is 9.48 Å². The summed E-state index contributed by atoms with van der Waals surface area (Å²) in [7, 11) is 0. The summed E-state index contributed by atoms with van der Waals surface area (Å²) >= 11 is 0. The number of anilines is 1. The van der Waals surface area contributed by atoms with E-state index >= 15 is 0 Å². The van der Waals surface area contributed by atoms with Crippen molar-refractivity contribution in [1.29, 1.82) is 0 Å². The van der Waals surface area contributed by atoms with Gasteiger partial charge in [-0.05, 0) is 32.1 Å². The van der Waals surface area contributed by atoms with Crippen molar-refractivity contribution in [2.45, 2.75) is 45.1 Å². The first-order chi connectivity index (χ1) is 7.67. The highest BCUT2D eigenvalue weighted by atomic mass is 16.2. The van der Waals surface area contributed by atoms with E-state index in [4.69, 9.17) is 0 Å². The zero-order chi connectivity index (χ0) is 11.2. The maximum Gasteiger partial charge on any atom is 0.230 e. The Kier molecular flexibility index (Phi) is 2.06. The van der Waals surface area contributed by atoms with Crippen LogP contribution in [-0.2, 0) is 4.79 Å². The van der Waals surface area contributed by atoms with Gasteiger partial charge in [-0.2, -0.15) is 5.10 Å². The van der Waals surface area contributed by atoms with E-state index in [0.29, 0.717) is 6.04 Å². The van der Waals surface area contributed by atoms with Crippen molar-refractivity contribution in [3.8, 4) is 0 Å². The fourth-order valence-electron chi connectivity index (χ4n) is 1.95. The second-order valence-corrected chi connectivity index (χ2v) is 5.31. The predicted molar refractivity (Wildman–Crippen MR) is 61.1 cm³/mol. The van der Waals surface area contributed by atoms with E-state index in [-0.39, 0.29) is 11.3 Å². The molecule has 3 rings (SSSR count). The zero-order valence-electron chi connectivity index (χ0n) is 9.57. The summed E-state index contributed by atoms with van der Waals surface area (Å²) in [6.45, 7) is 2.01. The lowest BCUT2D eigenvalue weighted by molar-refractivity contribution is -0.120. The standard InChI is InChI=1S/C12H17N3O/c1-12(5-6-12)11(16)14-9-7-13-15(8-9)10-3-2-4-10/h7-8,10H,2-6H2,1H3,(H,14,16). The van der Waals surface area contributed by atoms with E-state index in [0.717, 1.165) is 18.5 Å². The predicted octanol–water partition coefficient (Wildman–Crippen LogP) is 2.35. The summed E-state index contributed by atoms with van der Waals surface area (Å²) < 4.78 is 1.98. The second-order valence-electron chi connectivity index (χ2n) is 5.31. The van der Waals surface area contributed by atoms with Crippen molar-refractivity contribution in [3.63, 3.8) is 0 Å². The molecule has 2 aliphatic rings. The van der Waals surface area contributed by atoms with Crippen LogP contribution in [0.25, 0.3) is 0 Å². The molecule has 1 aromatic rings. The Bertz CT molecular complexity index is 416. The quantitative estimate of drug-likeness (QED) is 0.848. The van der Waals surface area contributed by atoms with Gasteiger partial charge < -0.3 is 5.32 Å². The van der Waals surface area contributed by atoms with Crippen molar-refractivity contribution in [3.05, 3.63) is 12.4 Å². The Morgan fingerprint density at radius 1 is 1.56 bits per heavy atom. The highest BCUT2D eigenvalue weighted by Crippen LogP contribution is 2.45. The minimum atomic E-state index is -0.113. The van der Waals surface area contributed by atoms with E-state index in [1.54, 1.807) is 6.20 Å². The van der Waals surface area contributed by atoms with Crippen molar-refractivity contribution in [1.82, 2.24) is 9.78 Å². The van der Waals surface area contributed by atoms with Crippen LogP contribution in [0.1, 0.15) is 45.1 Å². The number of aromatic nitrogens is 2. The minimum Gasteiger partial charge on any atom is -0.323 e. The fourth-order valence-corrected chi connectivity index (χ4v) is 1.95. The van der Waals surface area contributed by atoms with Crippen LogP contribution in [0.3, 0.4) is 0 Å². The van der Waals surface area contributed by atoms with Crippen LogP contribution in [0.5, 0.6) is 0 Å². The van der Waals surface area contributed by atoms with Crippen LogP contribution in [-0.4, -0.2) is 15.7 Å². The summed E-state index contributed by atoms with van der Waals surface area (Å²) in [4.78, 5) is 11.8. The smallest absolute Gasteiger partial charge is 0.230 e. The first kappa shape index (κ1) is 9.87. The average Bonchev–Trinajstić information content (AvgIpc) is 2.76. The van der Waals surface area contributed by atoms with Gasteiger partial charge in [0.15, 0.2) is 0 Å².